The molecular formula is C51H80N10O17. The number of amides is 10. The Morgan fingerprint density at radius 3 is 1.90 bits per heavy atom. The van der Waals surface area contributed by atoms with Crippen molar-refractivity contribution in [1.82, 2.24) is 41.7 Å². The molecule has 1 heterocycles. The van der Waals surface area contributed by atoms with Crippen molar-refractivity contribution in [2.24, 2.45) is 17.4 Å². The molecule has 78 heavy (non-hydrogen) atoms. The summed E-state index contributed by atoms with van der Waals surface area (Å²) in [5, 5.41) is 54.0. The molecule has 10 atom stereocenters. The number of cyclic esters (lactones) is 1. The predicted molar refractivity (Wildman–Crippen MR) is 277 cm³/mol. The number of ether oxygens (including phenoxy) is 1. The first-order chi connectivity index (χ1) is 36.8. The van der Waals surface area contributed by atoms with Crippen molar-refractivity contribution in [3.63, 3.8) is 0 Å². The number of hydrogen-bond acceptors (Lipinski definition) is 16. The molecule has 0 saturated carbocycles. The average Bonchev–Trinajstić information content (AvgIpc) is 3.37. The normalized spacial score (nSPS) is 23.5. The van der Waals surface area contributed by atoms with Crippen LogP contribution in [0, 0.1) is 5.92 Å². The lowest BCUT2D eigenvalue weighted by atomic mass is 9.99. The van der Waals surface area contributed by atoms with E-state index >= 15 is 0 Å². The van der Waals surface area contributed by atoms with E-state index in [1.54, 1.807) is 30.3 Å². The molecule has 2 rings (SSSR count). The molecule has 1 aromatic rings. The number of nitrogens with one attached hydrogen (secondary N) is 6. The zero-order valence-corrected chi connectivity index (χ0v) is 45.0. The second kappa shape index (κ2) is 34.5. The Bertz CT molecular complexity index is 2220. The Morgan fingerprint density at radius 1 is 0.731 bits per heavy atom. The number of benzene rings is 1. The van der Waals surface area contributed by atoms with E-state index < -0.39 is 165 Å². The summed E-state index contributed by atoms with van der Waals surface area (Å²) in [6.07, 6.45) is -0.917. The number of aliphatic carboxylic acids is 2. The third kappa shape index (κ3) is 24.0. The molecular weight excluding hydrogens is 1020 g/mol. The summed E-state index contributed by atoms with van der Waals surface area (Å²) in [6, 6.07) is -4.99. The van der Waals surface area contributed by atoms with Gasteiger partial charge < -0.3 is 68.1 Å². The van der Waals surface area contributed by atoms with E-state index in [0.717, 1.165) is 63.8 Å². The van der Waals surface area contributed by atoms with E-state index in [1.807, 2.05) is 5.32 Å². The first-order valence-electron chi connectivity index (χ1n) is 26.1. The summed E-state index contributed by atoms with van der Waals surface area (Å²) < 4.78 is 5.56. The first-order valence-corrected chi connectivity index (χ1v) is 26.1. The van der Waals surface area contributed by atoms with Gasteiger partial charge in [0.1, 0.15) is 36.3 Å². The smallest absolute Gasteiger partial charge is 0.329 e. The maximum atomic E-state index is 14.2. The first kappa shape index (κ1) is 66.9. The van der Waals surface area contributed by atoms with E-state index in [-0.39, 0.29) is 12.8 Å². The predicted octanol–water partition coefficient (Wildman–Crippen LogP) is -1.22. The molecule has 0 radical (unpaired) electrons. The van der Waals surface area contributed by atoms with Gasteiger partial charge >= 0.3 is 23.9 Å². The van der Waals surface area contributed by atoms with E-state index in [0.29, 0.717) is 24.3 Å². The second-order valence-corrected chi connectivity index (χ2v) is 19.6. The number of urea groups is 1. The zero-order valence-electron chi connectivity index (χ0n) is 45.0. The number of carbonyl (C=O) groups excluding carboxylic acids is 10. The number of carbonyl (C=O) groups is 12. The van der Waals surface area contributed by atoms with Gasteiger partial charge in [0.15, 0.2) is 0 Å². The van der Waals surface area contributed by atoms with Crippen molar-refractivity contribution in [1.29, 1.82) is 0 Å². The summed E-state index contributed by atoms with van der Waals surface area (Å²) in [6.45, 7) is 4.30. The number of primary amides is 2. The highest BCUT2D eigenvalue weighted by molar-refractivity contribution is 6.00. The number of hydrogen-bond donors (Lipinski definition) is 12. The number of carboxylic acid groups (broad SMARTS) is 2. The van der Waals surface area contributed by atoms with Gasteiger partial charge in [-0.2, -0.15) is 0 Å². The standard InChI is InChI=1S/C51H80N10O17/c1-6-29(2)18-14-11-9-7-8-10-12-17-21-39(66)57-43-30(3)78-50(76)32(22-23-41(67)68)56-51(77)59-46(72)35(24-31-19-15-13-16-20-31)60(4)40(27-38(53)65)61(5)49(75)34(28-62)55-48(74)44(36(63)26-37(52)64)58-45(71)33(25-42(69)70)54-47(43)73/h13,15-16,19-20,29-30,32-36,40,43-44,62-63H,6-12,14,17-18,21-28H2,1-5H3,(H2,52,64)(H2,53,65)(H,54,73)(H,55,74)(H,57,66)(H,58,71)(H,67,68)(H,69,70)(H2,56,59,72,77). The van der Waals surface area contributed by atoms with Crippen LogP contribution in [0.3, 0.4) is 0 Å². The SMILES string of the molecule is CCC(C)CCCCCCCCCCC(=O)NC1C(=O)NC(CC(=O)O)C(=O)NC(C(O)CC(N)=O)C(=O)NC(CO)C(=O)N(C)C(CC(N)=O)N(C)C(Cc2ccccc2)C(=O)NC(=O)NC(CCC(=O)O)C(=O)OC1C. The van der Waals surface area contributed by atoms with E-state index in [2.05, 4.69) is 40.4 Å². The van der Waals surface area contributed by atoms with Crippen molar-refractivity contribution in [2.75, 3.05) is 20.7 Å². The van der Waals surface area contributed by atoms with Crippen molar-refractivity contribution in [2.45, 2.75) is 185 Å². The topological polar surface area (TPSA) is 426 Å². The van der Waals surface area contributed by atoms with Gasteiger partial charge in [-0.3, -0.25) is 58.2 Å². The molecule has 0 aliphatic carbocycles. The molecule has 1 aliphatic heterocycles. The second-order valence-electron chi connectivity index (χ2n) is 19.6. The molecule has 0 bridgehead atoms. The van der Waals surface area contributed by atoms with Gasteiger partial charge in [-0.15, -0.1) is 0 Å². The van der Waals surface area contributed by atoms with Crippen molar-refractivity contribution >= 4 is 71.2 Å². The van der Waals surface area contributed by atoms with Crippen molar-refractivity contribution in [3.05, 3.63) is 35.9 Å². The van der Waals surface area contributed by atoms with Crippen molar-refractivity contribution in [3.8, 4) is 0 Å². The Labute approximate surface area is 453 Å². The van der Waals surface area contributed by atoms with Crippen LogP contribution in [0.1, 0.15) is 129 Å². The Kier molecular flexibility index (Phi) is 29.6. The highest BCUT2D eigenvalue weighted by atomic mass is 16.5. The minimum atomic E-state index is -2.28. The Balaban J connectivity index is 2.74. The van der Waals surface area contributed by atoms with Crippen LogP contribution >= 0.6 is 0 Å². The van der Waals surface area contributed by atoms with Gasteiger partial charge in [-0.05, 0) is 44.7 Å². The third-order valence-electron chi connectivity index (χ3n) is 13.3. The van der Waals surface area contributed by atoms with Crippen LogP contribution in [0.15, 0.2) is 30.3 Å². The molecule has 14 N–H and O–H groups in total. The molecule has 10 amide bonds. The molecule has 10 unspecified atom stereocenters. The molecule has 1 fully saturated rings. The maximum absolute atomic E-state index is 14.2. The number of aliphatic hydroxyl groups excluding tert-OH is 2. The van der Waals surface area contributed by atoms with Crippen LogP contribution in [0.25, 0.3) is 0 Å². The number of nitrogens with two attached hydrogens (primary N) is 2. The Hall–Kier alpha value is -7.26. The van der Waals surface area contributed by atoms with Crippen LogP contribution in [-0.4, -0.2) is 177 Å². The molecule has 1 aliphatic rings. The summed E-state index contributed by atoms with van der Waals surface area (Å²) in [4.78, 5) is 162. The monoisotopic (exact) mass is 1100 g/mol. The number of esters is 1. The van der Waals surface area contributed by atoms with Crippen molar-refractivity contribution < 1.29 is 82.7 Å². The van der Waals surface area contributed by atoms with Gasteiger partial charge in [-0.25, -0.2) is 9.59 Å². The molecule has 0 aromatic heterocycles. The van der Waals surface area contributed by atoms with Gasteiger partial charge in [0.2, 0.25) is 47.3 Å². The lowest BCUT2D eigenvalue weighted by Gasteiger charge is -2.40. The highest BCUT2D eigenvalue weighted by Crippen LogP contribution is 2.19. The number of unbranched alkanes of at least 4 members (excludes halogenated alkanes) is 7. The number of aliphatic hydroxyl groups is 2. The largest absolute Gasteiger partial charge is 0.481 e. The third-order valence-corrected chi connectivity index (χ3v) is 13.3. The molecule has 27 nitrogen and oxygen atoms in total. The van der Waals surface area contributed by atoms with E-state index in [9.17, 15) is 78.0 Å². The zero-order chi connectivity index (χ0) is 58.6. The molecule has 27 heteroatoms. The summed E-state index contributed by atoms with van der Waals surface area (Å²) in [5.41, 5.74) is 11.4. The number of rotatable bonds is 26. The average molecular weight is 1110 g/mol. The molecule has 436 valence electrons. The van der Waals surface area contributed by atoms with Gasteiger partial charge in [0.05, 0.1) is 44.2 Å². The number of nitrogens with zero attached hydrogens (tertiary/aromatic N) is 2. The fourth-order valence-electron chi connectivity index (χ4n) is 8.52. The number of imide groups is 1. The van der Waals surface area contributed by atoms with E-state index in [1.165, 1.54) is 18.4 Å². The lowest BCUT2D eigenvalue weighted by Crippen LogP contribution is -2.64. The highest BCUT2D eigenvalue weighted by Gasteiger charge is 2.41. The van der Waals surface area contributed by atoms with Gasteiger partial charge in [0, 0.05) is 19.9 Å². The van der Waals surface area contributed by atoms with Crippen LogP contribution < -0.4 is 43.4 Å². The minimum Gasteiger partial charge on any atom is -0.481 e. The summed E-state index contributed by atoms with van der Waals surface area (Å²) >= 11 is 0. The molecule has 1 saturated heterocycles. The summed E-state index contributed by atoms with van der Waals surface area (Å²) in [7, 11) is 2.37. The maximum Gasteiger partial charge on any atom is 0.329 e. The molecule has 0 spiro atoms. The fraction of sp³-hybridized carbons (Fsp3) is 0.647. The Morgan fingerprint density at radius 2 is 1.33 bits per heavy atom. The quantitative estimate of drug-likeness (QED) is 0.0382. The van der Waals surface area contributed by atoms with E-state index in [4.69, 9.17) is 16.2 Å². The van der Waals surface area contributed by atoms with Crippen LogP contribution in [-0.2, 0) is 63.9 Å². The number of likely N-dealkylation sites (N-methyl/N-ethyl adjacent to an activating group) is 2. The number of carboxylic acids is 2. The molecule has 1 aromatic carbocycles. The van der Waals surface area contributed by atoms with Crippen LogP contribution in [0.2, 0.25) is 0 Å². The van der Waals surface area contributed by atoms with Crippen LogP contribution in [0.5, 0.6) is 0 Å². The lowest BCUT2D eigenvalue weighted by molar-refractivity contribution is -0.155. The minimum absolute atomic E-state index is 0.152. The summed E-state index contributed by atoms with van der Waals surface area (Å²) in [5.74, 6) is -13.4. The van der Waals surface area contributed by atoms with Crippen LogP contribution in [0.4, 0.5) is 4.79 Å². The fourth-order valence-corrected chi connectivity index (χ4v) is 8.52. The van der Waals surface area contributed by atoms with Gasteiger partial charge in [-0.1, -0.05) is 102 Å². The van der Waals surface area contributed by atoms with Gasteiger partial charge in [0.25, 0.3) is 0 Å².